The third kappa shape index (κ3) is 3.87. The van der Waals surface area contributed by atoms with Gasteiger partial charge < -0.3 is 14.7 Å². The number of carbonyl (C=O) groups excluding carboxylic acids is 1. The maximum atomic E-state index is 12.4. The van der Waals surface area contributed by atoms with E-state index in [0.29, 0.717) is 37.4 Å². The molecule has 1 aromatic rings. The van der Waals surface area contributed by atoms with Crippen molar-refractivity contribution in [3.63, 3.8) is 0 Å². The van der Waals surface area contributed by atoms with Gasteiger partial charge in [-0.25, -0.2) is 0 Å². The number of halogens is 1. The average molecular weight is 338 g/mol. The molecule has 2 aliphatic rings. The Morgan fingerprint density at radius 2 is 2.04 bits per heavy atom. The second-order valence-electron chi connectivity index (χ2n) is 6.58. The monoisotopic (exact) mass is 337 g/mol. The smallest absolute Gasteiger partial charge is 0.225 e. The quantitative estimate of drug-likeness (QED) is 0.922. The molecule has 0 unspecified atom stereocenters. The van der Waals surface area contributed by atoms with Gasteiger partial charge in [-0.1, -0.05) is 29.8 Å². The molecule has 23 heavy (non-hydrogen) atoms. The molecule has 0 aliphatic carbocycles. The summed E-state index contributed by atoms with van der Waals surface area (Å²) in [6.45, 7) is 1.89. The van der Waals surface area contributed by atoms with Crippen molar-refractivity contribution in [2.45, 2.75) is 50.2 Å². The zero-order valence-corrected chi connectivity index (χ0v) is 14.1. The Morgan fingerprint density at radius 1 is 1.30 bits per heavy atom. The van der Waals surface area contributed by atoms with Gasteiger partial charge in [-0.3, -0.25) is 4.79 Å². The molecule has 4 nitrogen and oxygen atoms in total. The van der Waals surface area contributed by atoms with E-state index in [0.717, 1.165) is 31.4 Å². The number of amides is 1. The van der Waals surface area contributed by atoms with Crippen LogP contribution < -0.4 is 0 Å². The van der Waals surface area contributed by atoms with Gasteiger partial charge in [-0.05, 0) is 38.2 Å². The van der Waals surface area contributed by atoms with Gasteiger partial charge >= 0.3 is 0 Å². The van der Waals surface area contributed by atoms with Crippen molar-refractivity contribution in [3.8, 4) is 0 Å². The molecule has 2 aliphatic heterocycles. The summed E-state index contributed by atoms with van der Waals surface area (Å²) in [6.07, 6.45) is 4.79. The average Bonchev–Trinajstić information content (AvgIpc) is 2.56. The second kappa shape index (κ2) is 7.20. The normalized spacial score (nSPS) is 24.4. The second-order valence-corrected chi connectivity index (χ2v) is 6.99. The van der Waals surface area contributed by atoms with Crippen LogP contribution in [-0.4, -0.2) is 41.7 Å². The molecule has 0 spiro atoms. The fourth-order valence-corrected chi connectivity index (χ4v) is 3.84. The van der Waals surface area contributed by atoms with Gasteiger partial charge in [0.25, 0.3) is 0 Å². The van der Waals surface area contributed by atoms with E-state index in [9.17, 15) is 9.90 Å². The fraction of sp³-hybridized carbons (Fsp3) is 0.611. The molecule has 2 saturated heterocycles. The van der Waals surface area contributed by atoms with Crippen molar-refractivity contribution in [2.24, 2.45) is 0 Å². The summed E-state index contributed by atoms with van der Waals surface area (Å²) in [7, 11) is 0. The van der Waals surface area contributed by atoms with Crippen LogP contribution in [0.25, 0.3) is 0 Å². The number of carbonyl (C=O) groups is 1. The van der Waals surface area contributed by atoms with Gasteiger partial charge in [0.05, 0.1) is 18.1 Å². The Bertz CT molecular complexity index is 549. The Hall–Kier alpha value is -1.10. The van der Waals surface area contributed by atoms with Crippen LogP contribution in [0.2, 0.25) is 5.02 Å². The first-order valence-electron chi connectivity index (χ1n) is 8.45. The number of benzene rings is 1. The zero-order valence-electron chi connectivity index (χ0n) is 13.3. The van der Waals surface area contributed by atoms with Gasteiger partial charge in [-0.15, -0.1) is 0 Å². The highest BCUT2D eigenvalue weighted by Crippen LogP contribution is 2.36. The number of ether oxygens (including phenoxy) is 1. The minimum absolute atomic E-state index is 0.0700. The number of rotatable bonds is 3. The molecular weight excluding hydrogens is 314 g/mol. The molecule has 0 bridgehead atoms. The molecule has 2 heterocycles. The summed E-state index contributed by atoms with van der Waals surface area (Å²) in [6, 6.07) is 7.41. The molecule has 0 saturated carbocycles. The molecule has 1 atom stereocenters. The molecule has 0 radical (unpaired) electrons. The SMILES string of the molecule is O=C(C[C@H]1CCCCO1)N1CCC(O)(c2ccccc2Cl)CC1. The standard InChI is InChI=1S/C18H24ClNO3/c19-16-7-2-1-6-15(16)18(22)8-10-20(11-9-18)17(21)13-14-5-3-4-12-23-14/h1-2,6-7,14,22H,3-5,8-13H2/t14-/m1/s1. The number of nitrogens with zero attached hydrogens (tertiary/aromatic N) is 1. The number of aliphatic hydroxyl groups is 1. The van der Waals surface area contributed by atoms with E-state index in [2.05, 4.69) is 0 Å². The Morgan fingerprint density at radius 3 is 2.70 bits per heavy atom. The van der Waals surface area contributed by atoms with E-state index in [1.807, 2.05) is 23.1 Å². The van der Waals surface area contributed by atoms with Gasteiger partial charge in [0.15, 0.2) is 0 Å². The summed E-state index contributed by atoms with van der Waals surface area (Å²) < 4.78 is 5.65. The molecule has 1 aromatic carbocycles. The van der Waals surface area contributed by atoms with Crippen molar-refractivity contribution in [2.75, 3.05) is 19.7 Å². The fourth-order valence-electron chi connectivity index (χ4n) is 3.53. The topological polar surface area (TPSA) is 49.8 Å². The summed E-state index contributed by atoms with van der Waals surface area (Å²) in [5.41, 5.74) is -0.166. The third-order valence-corrected chi connectivity index (χ3v) is 5.32. The van der Waals surface area contributed by atoms with E-state index in [1.54, 1.807) is 6.07 Å². The maximum Gasteiger partial charge on any atom is 0.225 e. The lowest BCUT2D eigenvalue weighted by Crippen LogP contribution is -2.46. The zero-order chi connectivity index (χ0) is 16.3. The van der Waals surface area contributed by atoms with Crippen molar-refractivity contribution >= 4 is 17.5 Å². The van der Waals surface area contributed by atoms with E-state index in [-0.39, 0.29) is 12.0 Å². The van der Waals surface area contributed by atoms with Crippen LogP contribution in [0.4, 0.5) is 0 Å². The molecule has 0 aromatic heterocycles. The van der Waals surface area contributed by atoms with E-state index < -0.39 is 5.60 Å². The maximum absolute atomic E-state index is 12.4. The first-order chi connectivity index (χ1) is 11.1. The van der Waals surface area contributed by atoms with Crippen LogP contribution in [-0.2, 0) is 15.1 Å². The van der Waals surface area contributed by atoms with Gasteiger partial charge in [0, 0.05) is 30.3 Å². The largest absolute Gasteiger partial charge is 0.385 e. The molecule has 5 heteroatoms. The summed E-state index contributed by atoms with van der Waals surface area (Å²) >= 11 is 6.22. The molecule has 1 amide bonds. The van der Waals surface area contributed by atoms with Gasteiger partial charge in [0.1, 0.15) is 0 Å². The van der Waals surface area contributed by atoms with Crippen LogP contribution in [0.15, 0.2) is 24.3 Å². The number of piperidine rings is 1. The highest BCUT2D eigenvalue weighted by atomic mass is 35.5. The van der Waals surface area contributed by atoms with Gasteiger partial charge in [-0.2, -0.15) is 0 Å². The molecular formula is C18H24ClNO3. The molecule has 2 fully saturated rings. The van der Waals surface area contributed by atoms with Crippen LogP contribution in [0.1, 0.15) is 44.1 Å². The number of likely N-dealkylation sites (tertiary alicyclic amines) is 1. The van der Waals surface area contributed by atoms with E-state index in [4.69, 9.17) is 16.3 Å². The van der Waals surface area contributed by atoms with Crippen LogP contribution in [0.3, 0.4) is 0 Å². The lowest BCUT2D eigenvalue weighted by Gasteiger charge is -2.39. The summed E-state index contributed by atoms with van der Waals surface area (Å²) in [4.78, 5) is 14.3. The number of hydrogen-bond acceptors (Lipinski definition) is 3. The Balaban J connectivity index is 1.57. The van der Waals surface area contributed by atoms with Crippen molar-refractivity contribution in [3.05, 3.63) is 34.9 Å². The Kier molecular flexibility index (Phi) is 5.24. The minimum atomic E-state index is -0.934. The minimum Gasteiger partial charge on any atom is -0.385 e. The summed E-state index contributed by atoms with van der Waals surface area (Å²) in [5, 5.41) is 11.5. The summed E-state index contributed by atoms with van der Waals surface area (Å²) in [5.74, 6) is 0.137. The lowest BCUT2D eigenvalue weighted by molar-refractivity contribution is -0.139. The van der Waals surface area contributed by atoms with Crippen LogP contribution in [0.5, 0.6) is 0 Å². The number of hydrogen-bond donors (Lipinski definition) is 1. The Labute approximate surface area is 142 Å². The van der Waals surface area contributed by atoms with Crippen LogP contribution in [0, 0.1) is 0 Å². The van der Waals surface area contributed by atoms with Crippen molar-refractivity contribution in [1.82, 2.24) is 4.90 Å². The molecule has 3 rings (SSSR count). The highest BCUT2D eigenvalue weighted by Gasteiger charge is 2.37. The predicted molar refractivity (Wildman–Crippen MR) is 89.4 cm³/mol. The highest BCUT2D eigenvalue weighted by molar-refractivity contribution is 6.31. The predicted octanol–water partition coefficient (Wildman–Crippen LogP) is 3.11. The first kappa shape index (κ1) is 16.7. The van der Waals surface area contributed by atoms with Gasteiger partial charge in [0.2, 0.25) is 5.91 Å². The third-order valence-electron chi connectivity index (χ3n) is 4.99. The van der Waals surface area contributed by atoms with Crippen molar-refractivity contribution in [1.29, 1.82) is 0 Å². The first-order valence-corrected chi connectivity index (χ1v) is 8.83. The van der Waals surface area contributed by atoms with Crippen LogP contribution >= 0.6 is 11.6 Å². The molecule has 1 N–H and O–H groups in total. The van der Waals surface area contributed by atoms with E-state index in [1.165, 1.54) is 0 Å². The van der Waals surface area contributed by atoms with E-state index >= 15 is 0 Å². The molecule has 126 valence electrons. The lowest BCUT2D eigenvalue weighted by atomic mass is 9.84. The van der Waals surface area contributed by atoms with Crippen molar-refractivity contribution < 1.29 is 14.6 Å².